The summed E-state index contributed by atoms with van der Waals surface area (Å²) in [5, 5.41) is 0. The van der Waals surface area contributed by atoms with E-state index in [1.807, 2.05) is 27.7 Å². The zero-order chi connectivity index (χ0) is 17.0. The predicted octanol–water partition coefficient (Wildman–Crippen LogP) is 3.15. The monoisotopic (exact) mass is 325 g/mol. The maximum absolute atomic E-state index is 13.1. The van der Waals surface area contributed by atoms with E-state index in [9.17, 15) is 9.18 Å². The van der Waals surface area contributed by atoms with Crippen LogP contribution in [0.25, 0.3) is 0 Å². The number of amides is 1. The summed E-state index contributed by atoms with van der Waals surface area (Å²) in [6, 6.07) is 4.44. The Morgan fingerprint density at radius 2 is 2.00 bits per heavy atom. The molecule has 6 heteroatoms. The second-order valence-electron chi connectivity index (χ2n) is 6.64. The third kappa shape index (κ3) is 5.39. The van der Waals surface area contributed by atoms with Gasteiger partial charge in [-0.3, -0.25) is 0 Å². The van der Waals surface area contributed by atoms with Crippen LogP contribution in [0.15, 0.2) is 18.2 Å². The Labute approximate surface area is 136 Å². The minimum Gasteiger partial charge on any atom is -0.491 e. The van der Waals surface area contributed by atoms with Crippen LogP contribution < -0.4 is 4.74 Å². The van der Waals surface area contributed by atoms with E-state index in [-0.39, 0.29) is 18.0 Å². The Balaban J connectivity index is 1.62. The lowest BCUT2D eigenvalue weighted by molar-refractivity contribution is -0.0679. The van der Waals surface area contributed by atoms with E-state index in [1.54, 1.807) is 11.0 Å². The molecule has 1 fully saturated rings. The standard InChI is InChI=1S/C17H24FNO4/c1-12-5-6-13(18)9-15(12)22-8-7-21-14-10-19(11-14)16(20)23-17(2,3)4/h5-6,9,14H,7-8,10-11H2,1-4H3. The molecule has 1 aromatic rings. The highest BCUT2D eigenvalue weighted by molar-refractivity contribution is 5.69. The van der Waals surface area contributed by atoms with Crippen molar-refractivity contribution in [2.24, 2.45) is 0 Å². The van der Waals surface area contributed by atoms with Gasteiger partial charge in [-0.05, 0) is 39.3 Å². The van der Waals surface area contributed by atoms with E-state index >= 15 is 0 Å². The number of halogens is 1. The molecule has 1 amide bonds. The third-order valence-electron chi connectivity index (χ3n) is 3.34. The molecule has 1 saturated heterocycles. The summed E-state index contributed by atoms with van der Waals surface area (Å²) < 4.78 is 29.5. The number of benzene rings is 1. The molecule has 0 spiro atoms. The number of hydrogen-bond acceptors (Lipinski definition) is 4. The minimum atomic E-state index is -0.486. The summed E-state index contributed by atoms with van der Waals surface area (Å²) in [6.07, 6.45) is -0.316. The summed E-state index contributed by atoms with van der Waals surface area (Å²) in [4.78, 5) is 13.4. The van der Waals surface area contributed by atoms with Gasteiger partial charge in [-0.15, -0.1) is 0 Å². The van der Waals surface area contributed by atoms with Crippen molar-refractivity contribution < 1.29 is 23.4 Å². The predicted molar refractivity (Wildman–Crippen MR) is 84.2 cm³/mol. The maximum atomic E-state index is 13.1. The van der Waals surface area contributed by atoms with E-state index in [0.717, 1.165) is 5.56 Å². The zero-order valence-corrected chi connectivity index (χ0v) is 14.1. The Morgan fingerprint density at radius 1 is 1.30 bits per heavy atom. The molecule has 5 nitrogen and oxygen atoms in total. The van der Waals surface area contributed by atoms with Crippen molar-refractivity contribution in [2.75, 3.05) is 26.3 Å². The van der Waals surface area contributed by atoms with Gasteiger partial charge < -0.3 is 19.1 Å². The van der Waals surface area contributed by atoms with Gasteiger partial charge in [-0.1, -0.05) is 6.07 Å². The second kappa shape index (κ2) is 7.17. The second-order valence-corrected chi connectivity index (χ2v) is 6.64. The molecule has 1 aliphatic rings. The van der Waals surface area contributed by atoms with Gasteiger partial charge in [0.1, 0.15) is 23.8 Å². The summed E-state index contributed by atoms with van der Waals surface area (Å²) in [7, 11) is 0. The average Bonchev–Trinajstić information content (AvgIpc) is 2.37. The van der Waals surface area contributed by atoms with Gasteiger partial charge in [-0.2, -0.15) is 0 Å². The smallest absolute Gasteiger partial charge is 0.410 e. The van der Waals surface area contributed by atoms with Crippen molar-refractivity contribution in [3.05, 3.63) is 29.6 Å². The maximum Gasteiger partial charge on any atom is 0.410 e. The molecule has 1 aromatic carbocycles. The van der Waals surface area contributed by atoms with E-state index in [1.165, 1.54) is 12.1 Å². The fourth-order valence-corrected chi connectivity index (χ4v) is 2.11. The Morgan fingerprint density at radius 3 is 2.65 bits per heavy atom. The lowest BCUT2D eigenvalue weighted by Gasteiger charge is -2.39. The Hall–Kier alpha value is -1.82. The van der Waals surface area contributed by atoms with Gasteiger partial charge in [0.05, 0.1) is 25.8 Å². The van der Waals surface area contributed by atoms with Crippen molar-refractivity contribution in [3.63, 3.8) is 0 Å². The molecule has 0 atom stereocenters. The number of nitrogens with zero attached hydrogens (tertiary/aromatic N) is 1. The molecule has 0 N–H and O–H groups in total. The van der Waals surface area contributed by atoms with Crippen molar-refractivity contribution >= 4 is 6.09 Å². The molecular formula is C17H24FNO4. The highest BCUT2D eigenvalue weighted by Crippen LogP contribution is 2.19. The van der Waals surface area contributed by atoms with Crippen LogP contribution in [0.1, 0.15) is 26.3 Å². The molecule has 0 aliphatic carbocycles. The topological polar surface area (TPSA) is 48.0 Å². The fourth-order valence-electron chi connectivity index (χ4n) is 2.11. The van der Waals surface area contributed by atoms with Crippen LogP contribution in [0.4, 0.5) is 9.18 Å². The van der Waals surface area contributed by atoms with Crippen molar-refractivity contribution in [1.29, 1.82) is 0 Å². The molecule has 0 radical (unpaired) electrons. The molecule has 1 heterocycles. The van der Waals surface area contributed by atoms with Gasteiger partial charge in [0.25, 0.3) is 0 Å². The third-order valence-corrected chi connectivity index (χ3v) is 3.34. The van der Waals surface area contributed by atoms with Crippen molar-refractivity contribution in [1.82, 2.24) is 4.90 Å². The van der Waals surface area contributed by atoms with Crippen LogP contribution in [0.2, 0.25) is 0 Å². The number of ether oxygens (including phenoxy) is 3. The van der Waals surface area contributed by atoms with E-state index < -0.39 is 5.60 Å². The number of likely N-dealkylation sites (tertiary alicyclic amines) is 1. The number of carbonyl (C=O) groups is 1. The van der Waals surface area contributed by atoms with Crippen molar-refractivity contribution in [3.8, 4) is 5.75 Å². The highest BCUT2D eigenvalue weighted by Gasteiger charge is 2.34. The number of rotatable bonds is 5. The number of hydrogen-bond donors (Lipinski definition) is 0. The normalized spacial score (nSPS) is 15.3. The lowest BCUT2D eigenvalue weighted by atomic mass is 10.2. The first kappa shape index (κ1) is 17.5. The van der Waals surface area contributed by atoms with Gasteiger partial charge in [-0.25, -0.2) is 9.18 Å². The quantitative estimate of drug-likeness (QED) is 0.780. The first-order valence-corrected chi connectivity index (χ1v) is 7.73. The van der Waals surface area contributed by atoms with Crippen LogP contribution in [-0.4, -0.2) is 49.0 Å². The summed E-state index contributed by atoms with van der Waals surface area (Å²) in [5.74, 6) is 0.205. The van der Waals surface area contributed by atoms with Gasteiger partial charge in [0, 0.05) is 6.07 Å². The molecule has 0 unspecified atom stereocenters. The van der Waals surface area contributed by atoms with Crippen LogP contribution in [0.5, 0.6) is 5.75 Å². The number of carbonyl (C=O) groups excluding carboxylic acids is 1. The molecule has 23 heavy (non-hydrogen) atoms. The van der Waals surface area contributed by atoms with Crippen molar-refractivity contribution in [2.45, 2.75) is 39.4 Å². The average molecular weight is 325 g/mol. The Kier molecular flexibility index (Phi) is 5.46. The van der Waals surface area contributed by atoms with E-state index in [0.29, 0.717) is 32.1 Å². The largest absolute Gasteiger partial charge is 0.491 e. The molecule has 128 valence electrons. The molecule has 1 aliphatic heterocycles. The minimum absolute atomic E-state index is 0.000255. The molecule has 0 saturated carbocycles. The lowest BCUT2D eigenvalue weighted by Crippen LogP contribution is -2.56. The molecule has 2 rings (SSSR count). The first-order chi connectivity index (χ1) is 10.7. The van der Waals surface area contributed by atoms with Crippen LogP contribution in [-0.2, 0) is 9.47 Å². The first-order valence-electron chi connectivity index (χ1n) is 7.73. The summed E-state index contributed by atoms with van der Waals surface area (Å²) >= 11 is 0. The van der Waals surface area contributed by atoms with E-state index in [2.05, 4.69) is 0 Å². The Bertz CT molecular complexity index is 550. The molecular weight excluding hydrogens is 301 g/mol. The van der Waals surface area contributed by atoms with Crippen LogP contribution in [0.3, 0.4) is 0 Å². The fraction of sp³-hybridized carbons (Fsp3) is 0.588. The molecule has 0 bridgehead atoms. The highest BCUT2D eigenvalue weighted by atomic mass is 19.1. The van der Waals surface area contributed by atoms with Gasteiger partial charge in [0.2, 0.25) is 0 Å². The summed E-state index contributed by atoms with van der Waals surface area (Å²) in [6.45, 7) is 9.15. The van der Waals surface area contributed by atoms with Gasteiger partial charge >= 0.3 is 6.09 Å². The SMILES string of the molecule is Cc1ccc(F)cc1OCCOC1CN(C(=O)OC(C)(C)C)C1. The van der Waals surface area contributed by atoms with Crippen LogP contribution >= 0.6 is 0 Å². The summed E-state index contributed by atoms with van der Waals surface area (Å²) in [5.41, 5.74) is 0.394. The van der Waals surface area contributed by atoms with E-state index in [4.69, 9.17) is 14.2 Å². The van der Waals surface area contributed by atoms with Gasteiger partial charge in [0.15, 0.2) is 0 Å². The zero-order valence-electron chi connectivity index (χ0n) is 14.1. The number of aryl methyl sites for hydroxylation is 1. The molecule has 0 aromatic heterocycles. The van der Waals surface area contributed by atoms with Crippen LogP contribution in [0, 0.1) is 12.7 Å².